The molecule has 0 amide bonds. The number of ether oxygens (including phenoxy) is 2. The number of pyridine rings is 1. The largest absolute Gasteiger partial charge is 0.508 e. The number of rotatable bonds is 6. The number of nitrogens with zero attached hydrogens (tertiary/aromatic N) is 2. The van der Waals surface area contributed by atoms with Crippen molar-refractivity contribution in [1.82, 2.24) is 9.88 Å². The van der Waals surface area contributed by atoms with E-state index >= 15 is 0 Å². The summed E-state index contributed by atoms with van der Waals surface area (Å²) in [6, 6.07) is 13.2. The molecule has 0 radical (unpaired) electrons. The molecule has 0 saturated carbocycles. The highest BCUT2D eigenvalue weighted by Gasteiger charge is 2.31. The molecule has 0 spiro atoms. The van der Waals surface area contributed by atoms with Crippen molar-refractivity contribution in [2.45, 2.75) is 39.3 Å². The highest BCUT2D eigenvalue weighted by atomic mass is 19.1. The molecule has 1 saturated heterocycles. The molecule has 2 N–H and O–H groups in total. The molecule has 0 aliphatic carbocycles. The number of hydrogen-bond donors (Lipinski definition) is 2. The smallest absolute Gasteiger partial charge is 0.166 e. The van der Waals surface area contributed by atoms with Gasteiger partial charge in [0.05, 0.1) is 11.9 Å². The van der Waals surface area contributed by atoms with Crippen molar-refractivity contribution in [2.75, 3.05) is 19.7 Å². The van der Waals surface area contributed by atoms with E-state index in [-0.39, 0.29) is 5.75 Å². The molecule has 7 heteroatoms. The predicted octanol–water partition coefficient (Wildman–Crippen LogP) is 5.81. The maximum Gasteiger partial charge on any atom is 0.166 e. The first-order chi connectivity index (χ1) is 17.3. The van der Waals surface area contributed by atoms with Crippen LogP contribution in [-0.2, 0) is 0 Å². The number of aromatic hydroxyl groups is 2. The van der Waals surface area contributed by atoms with Crippen LogP contribution in [0.2, 0.25) is 0 Å². The van der Waals surface area contributed by atoms with Gasteiger partial charge in [-0.05, 0) is 86.3 Å². The lowest BCUT2D eigenvalue weighted by Gasteiger charge is -2.30. The summed E-state index contributed by atoms with van der Waals surface area (Å²) in [6.45, 7) is 9.16. The fourth-order valence-electron chi connectivity index (χ4n) is 5.02. The number of fused-ring (bicyclic) bond motifs is 1. The fourth-order valence-corrected chi connectivity index (χ4v) is 5.02. The van der Waals surface area contributed by atoms with Crippen LogP contribution in [0.15, 0.2) is 54.7 Å². The first-order valence-electron chi connectivity index (χ1n) is 12.3. The third kappa shape index (κ3) is 4.75. The molecule has 1 fully saturated rings. The van der Waals surface area contributed by atoms with Gasteiger partial charge in [-0.25, -0.2) is 4.39 Å². The summed E-state index contributed by atoms with van der Waals surface area (Å²) < 4.78 is 26.7. The quantitative estimate of drug-likeness (QED) is 0.455. The zero-order valence-electron chi connectivity index (χ0n) is 20.7. The molecular weight excluding hydrogens is 459 g/mol. The van der Waals surface area contributed by atoms with Crippen molar-refractivity contribution in [2.24, 2.45) is 5.92 Å². The van der Waals surface area contributed by atoms with E-state index in [4.69, 9.17) is 9.47 Å². The Balaban J connectivity index is 1.42. The summed E-state index contributed by atoms with van der Waals surface area (Å²) in [4.78, 5) is 7.09. The number of benzene rings is 2. The number of phenols is 2. The molecule has 1 aromatic heterocycles. The highest BCUT2D eigenvalue weighted by Crippen LogP contribution is 2.47. The van der Waals surface area contributed by atoms with Crippen LogP contribution >= 0.6 is 0 Å². The highest BCUT2D eigenvalue weighted by molar-refractivity contribution is 5.95. The van der Waals surface area contributed by atoms with E-state index in [1.807, 2.05) is 19.1 Å². The van der Waals surface area contributed by atoms with E-state index in [0.717, 1.165) is 30.1 Å². The second-order valence-electron chi connectivity index (χ2n) is 9.85. The van der Waals surface area contributed by atoms with Crippen molar-refractivity contribution in [3.8, 4) is 23.0 Å². The van der Waals surface area contributed by atoms with Gasteiger partial charge in [0.1, 0.15) is 23.9 Å². The molecule has 5 rings (SSSR count). The van der Waals surface area contributed by atoms with Gasteiger partial charge in [0, 0.05) is 23.7 Å². The van der Waals surface area contributed by atoms with Crippen LogP contribution in [0.4, 0.5) is 4.39 Å². The van der Waals surface area contributed by atoms with Crippen molar-refractivity contribution in [3.63, 3.8) is 0 Å². The van der Waals surface area contributed by atoms with Gasteiger partial charge in [0.15, 0.2) is 17.7 Å². The van der Waals surface area contributed by atoms with Gasteiger partial charge in [-0.15, -0.1) is 0 Å². The van der Waals surface area contributed by atoms with Crippen LogP contribution in [0.5, 0.6) is 23.0 Å². The van der Waals surface area contributed by atoms with E-state index in [0.29, 0.717) is 41.0 Å². The third-order valence-electron chi connectivity index (χ3n) is 7.13. The number of halogens is 1. The van der Waals surface area contributed by atoms with Crippen LogP contribution in [-0.4, -0.2) is 45.8 Å². The van der Waals surface area contributed by atoms with Gasteiger partial charge >= 0.3 is 0 Å². The molecule has 2 aliphatic heterocycles. The van der Waals surface area contributed by atoms with Gasteiger partial charge in [0.25, 0.3) is 0 Å². The average Bonchev–Trinajstić information content (AvgIpc) is 3.31. The molecule has 36 heavy (non-hydrogen) atoms. The number of aromatic nitrogens is 1. The molecule has 2 aliphatic rings. The van der Waals surface area contributed by atoms with E-state index in [2.05, 4.69) is 23.7 Å². The molecule has 0 bridgehead atoms. The second kappa shape index (κ2) is 9.82. The van der Waals surface area contributed by atoms with E-state index in [1.165, 1.54) is 18.6 Å². The maximum absolute atomic E-state index is 14.3. The standard InChI is InChI=1S/C29H31FN2O4/c1-17-10-11-32(15-17)18(2)16-35-22-6-7-25(31-14-22)29-28(20-4-8-26(34)24(30)12-20)19(3)23-13-21(33)5-9-27(23)36-29/h4-9,12-14,17-18,29,33-34H,10-11,15-16H2,1-3H3. The summed E-state index contributed by atoms with van der Waals surface area (Å²) in [5.74, 6) is 0.993. The lowest BCUT2D eigenvalue weighted by Crippen LogP contribution is -2.35. The van der Waals surface area contributed by atoms with Crippen molar-refractivity contribution < 1.29 is 24.1 Å². The zero-order chi connectivity index (χ0) is 25.4. The molecular formula is C29H31FN2O4. The van der Waals surface area contributed by atoms with Crippen molar-refractivity contribution >= 4 is 11.1 Å². The summed E-state index contributed by atoms with van der Waals surface area (Å²) in [7, 11) is 0. The molecule has 3 heterocycles. The van der Waals surface area contributed by atoms with Gasteiger partial charge in [0.2, 0.25) is 0 Å². The molecule has 2 aromatic carbocycles. The Morgan fingerprint density at radius 3 is 2.69 bits per heavy atom. The molecule has 3 aromatic rings. The van der Waals surface area contributed by atoms with Gasteiger partial charge in [-0.1, -0.05) is 13.0 Å². The maximum atomic E-state index is 14.3. The lowest BCUT2D eigenvalue weighted by molar-refractivity contribution is 0.168. The Hall–Kier alpha value is -3.58. The van der Waals surface area contributed by atoms with Crippen LogP contribution in [0, 0.1) is 11.7 Å². The van der Waals surface area contributed by atoms with Crippen molar-refractivity contribution in [3.05, 3.63) is 77.4 Å². The Morgan fingerprint density at radius 2 is 2.00 bits per heavy atom. The van der Waals surface area contributed by atoms with E-state index < -0.39 is 17.7 Å². The third-order valence-corrected chi connectivity index (χ3v) is 7.13. The monoisotopic (exact) mass is 490 g/mol. The Labute approximate surface area is 210 Å². The summed E-state index contributed by atoms with van der Waals surface area (Å²) >= 11 is 0. The van der Waals surface area contributed by atoms with Crippen molar-refractivity contribution in [1.29, 1.82) is 0 Å². The molecule has 3 atom stereocenters. The average molecular weight is 491 g/mol. The van der Waals surface area contributed by atoms with Crippen LogP contribution < -0.4 is 9.47 Å². The molecule has 188 valence electrons. The van der Waals surface area contributed by atoms with E-state index in [9.17, 15) is 14.6 Å². The Kier molecular flexibility index (Phi) is 6.58. The van der Waals surface area contributed by atoms with Gasteiger partial charge in [-0.3, -0.25) is 9.88 Å². The molecule has 3 unspecified atom stereocenters. The number of allylic oxidation sites excluding steroid dienone is 1. The SMILES string of the molecule is CC1=C(c2ccc(O)c(F)c2)C(c2ccc(OCC(C)N3CCC(C)C3)cn2)Oc2ccc(O)cc21. The Morgan fingerprint density at radius 1 is 1.17 bits per heavy atom. The number of phenolic OH excluding ortho intramolecular Hbond substituents is 2. The molecule has 6 nitrogen and oxygen atoms in total. The fraction of sp³-hybridized carbons (Fsp3) is 0.345. The summed E-state index contributed by atoms with van der Waals surface area (Å²) in [6.07, 6.45) is 2.31. The predicted molar refractivity (Wildman–Crippen MR) is 137 cm³/mol. The van der Waals surface area contributed by atoms with Crippen LogP contribution in [0.1, 0.15) is 50.1 Å². The minimum absolute atomic E-state index is 0.114. The lowest BCUT2D eigenvalue weighted by atomic mass is 9.87. The normalized spacial score (nSPS) is 20.7. The van der Waals surface area contributed by atoms with E-state index in [1.54, 1.807) is 30.5 Å². The Bertz CT molecular complexity index is 1290. The first-order valence-corrected chi connectivity index (χ1v) is 12.3. The number of likely N-dealkylation sites (tertiary alicyclic amines) is 1. The van der Waals surface area contributed by atoms with Gasteiger partial charge in [-0.2, -0.15) is 0 Å². The van der Waals surface area contributed by atoms with Gasteiger partial charge < -0.3 is 19.7 Å². The summed E-state index contributed by atoms with van der Waals surface area (Å²) in [5, 5.41) is 19.7. The zero-order valence-corrected chi connectivity index (χ0v) is 20.7. The first kappa shape index (κ1) is 24.1. The second-order valence-corrected chi connectivity index (χ2v) is 9.85. The number of hydrogen-bond acceptors (Lipinski definition) is 6. The minimum Gasteiger partial charge on any atom is -0.508 e. The van der Waals surface area contributed by atoms with Crippen LogP contribution in [0.25, 0.3) is 11.1 Å². The van der Waals surface area contributed by atoms with Crippen LogP contribution in [0.3, 0.4) is 0 Å². The topological polar surface area (TPSA) is 75.1 Å². The summed E-state index contributed by atoms with van der Waals surface area (Å²) in [5.41, 5.74) is 3.48. The minimum atomic E-state index is -0.716.